The Morgan fingerprint density at radius 3 is 2.42 bits per heavy atom. The summed E-state index contributed by atoms with van der Waals surface area (Å²) in [5.74, 6) is 0. The van der Waals surface area contributed by atoms with Crippen LogP contribution in [0.1, 0.15) is 0 Å². The van der Waals surface area contributed by atoms with Gasteiger partial charge in [-0.15, -0.1) is 3.89 Å². The van der Waals surface area contributed by atoms with Crippen molar-refractivity contribution in [2.75, 3.05) is 0 Å². The van der Waals surface area contributed by atoms with Gasteiger partial charge in [-0.3, -0.25) is 4.79 Å². The maximum Gasteiger partial charge on any atom is 0.333 e. The summed E-state index contributed by atoms with van der Waals surface area (Å²) in [5.41, 5.74) is -0.387. The first-order valence-electron chi connectivity index (χ1n) is 3.02. The molecule has 6 heteroatoms. The van der Waals surface area contributed by atoms with E-state index in [9.17, 15) is 17.1 Å². The minimum absolute atomic E-state index is 0.387. The van der Waals surface area contributed by atoms with E-state index in [2.05, 4.69) is 0 Å². The standard InChI is InChI=1S/C6H6FNO3S/c1-8-4-5(12(7,10)11)2-3-6(8)9/h2-4H,1H3. The van der Waals surface area contributed by atoms with Crippen molar-refractivity contribution < 1.29 is 12.3 Å². The molecule has 1 rings (SSSR count). The molecule has 0 N–H and O–H groups in total. The molecule has 66 valence electrons. The Hall–Kier alpha value is -1.17. The Labute approximate surface area is 68.5 Å². The summed E-state index contributed by atoms with van der Waals surface area (Å²) in [6, 6.07) is 1.92. The van der Waals surface area contributed by atoms with Crippen LogP contribution in [-0.4, -0.2) is 13.0 Å². The molecule has 0 aromatic carbocycles. The normalized spacial score (nSPS) is 11.5. The lowest BCUT2D eigenvalue weighted by atomic mass is 10.5. The molecule has 0 saturated carbocycles. The minimum Gasteiger partial charge on any atom is -0.317 e. The van der Waals surface area contributed by atoms with Crippen LogP contribution in [0.15, 0.2) is 28.0 Å². The average Bonchev–Trinajstić information content (AvgIpc) is 1.92. The fourth-order valence-electron chi connectivity index (χ4n) is 0.713. The van der Waals surface area contributed by atoms with Gasteiger partial charge in [0.15, 0.2) is 0 Å². The fourth-order valence-corrected chi connectivity index (χ4v) is 1.23. The summed E-state index contributed by atoms with van der Waals surface area (Å²) in [6.45, 7) is 0. The van der Waals surface area contributed by atoms with Gasteiger partial charge in [-0.1, -0.05) is 0 Å². The van der Waals surface area contributed by atoms with Crippen LogP contribution >= 0.6 is 0 Å². The Morgan fingerprint density at radius 1 is 1.42 bits per heavy atom. The number of hydrogen-bond acceptors (Lipinski definition) is 3. The molecule has 0 bridgehead atoms. The van der Waals surface area contributed by atoms with Crippen LogP contribution in [0, 0.1) is 0 Å². The molecule has 0 atom stereocenters. The highest BCUT2D eigenvalue weighted by Crippen LogP contribution is 2.07. The van der Waals surface area contributed by atoms with Crippen LogP contribution in [0.3, 0.4) is 0 Å². The molecule has 12 heavy (non-hydrogen) atoms. The first-order valence-corrected chi connectivity index (χ1v) is 4.41. The summed E-state index contributed by atoms with van der Waals surface area (Å²) in [4.78, 5) is 10.2. The van der Waals surface area contributed by atoms with Crippen molar-refractivity contribution in [3.05, 3.63) is 28.7 Å². The Morgan fingerprint density at radius 2 is 2.00 bits per heavy atom. The smallest absolute Gasteiger partial charge is 0.317 e. The van der Waals surface area contributed by atoms with E-state index in [1.807, 2.05) is 0 Å². The van der Waals surface area contributed by atoms with Gasteiger partial charge in [-0.2, -0.15) is 8.42 Å². The number of aromatic nitrogens is 1. The monoisotopic (exact) mass is 191 g/mol. The molecular weight excluding hydrogens is 185 g/mol. The predicted octanol–water partition coefficient (Wildman–Crippen LogP) is 0.0435. The Bertz CT molecular complexity index is 448. The number of hydrogen-bond donors (Lipinski definition) is 0. The lowest BCUT2D eigenvalue weighted by molar-refractivity contribution is 0.550. The lowest BCUT2D eigenvalue weighted by Gasteiger charge is -1.97. The third kappa shape index (κ3) is 1.70. The van der Waals surface area contributed by atoms with E-state index in [4.69, 9.17) is 0 Å². The summed E-state index contributed by atoms with van der Waals surface area (Å²) in [5, 5.41) is 0. The molecule has 4 nitrogen and oxygen atoms in total. The van der Waals surface area contributed by atoms with Gasteiger partial charge < -0.3 is 4.57 Å². The van der Waals surface area contributed by atoms with Crippen molar-refractivity contribution >= 4 is 10.2 Å². The van der Waals surface area contributed by atoms with Crippen molar-refractivity contribution in [3.8, 4) is 0 Å². The van der Waals surface area contributed by atoms with E-state index in [1.165, 1.54) is 7.05 Å². The first-order chi connectivity index (χ1) is 5.41. The zero-order chi connectivity index (χ0) is 9.35. The number of halogens is 1. The zero-order valence-electron chi connectivity index (χ0n) is 6.19. The molecule has 0 aliphatic rings. The molecule has 0 spiro atoms. The molecule has 0 aliphatic carbocycles. The van der Waals surface area contributed by atoms with Crippen molar-refractivity contribution in [3.63, 3.8) is 0 Å². The summed E-state index contributed by atoms with van der Waals surface area (Å²) >= 11 is 0. The van der Waals surface area contributed by atoms with Crippen LogP contribution in [0.2, 0.25) is 0 Å². The second-order valence-corrected chi connectivity index (χ2v) is 3.60. The highest BCUT2D eigenvalue weighted by molar-refractivity contribution is 7.86. The maximum atomic E-state index is 12.3. The third-order valence-corrected chi connectivity index (χ3v) is 2.14. The molecule has 0 saturated heterocycles. The van der Waals surface area contributed by atoms with Gasteiger partial charge in [0.25, 0.3) is 0 Å². The second kappa shape index (κ2) is 2.71. The number of nitrogens with zero attached hydrogens (tertiary/aromatic N) is 1. The van der Waals surface area contributed by atoms with E-state index in [0.717, 1.165) is 22.9 Å². The minimum atomic E-state index is -4.70. The van der Waals surface area contributed by atoms with Gasteiger partial charge in [-0.25, -0.2) is 0 Å². The quantitative estimate of drug-likeness (QED) is 0.589. The molecule has 0 aliphatic heterocycles. The van der Waals surface area contributed by atoms with Gasteiger partial charge in [-0.05, 0) is 6.07 Å². The summed E-state index contributed by atoms with van der Waals surface area (Å²) in [6.07, 6.45) is 0.928. The van der Waals surface area contributed by atoms with E-state index in [1.54, 1.807) is 0 Å². The SMILES string of the molecule is Cn1cc(S(=O)(=O)F)ccc1=O. The third-order valence-electron chi connectivity index (χ3n) is 1.34. The molecule has 1 heterocycles. The Balaban J connectivity index is 3.43. The van der Waals surface area contributed by atoms with Gasteiger partial charge in [0.1, 0.15) is 4.90 Å². The van der Waals surface area contributed by atoms with Crippen LogP contribution in [0.4, 0.5) is 3.89 Å². The molecule has 0 unspecified atom stereocenters. The second-order valence-electron chi connectivity index (χ2n) is 2.25. The van der Waals surface area contributed by atoms with Crippen molar-refractivity contribution in [2.24, 2.45) is 7.05 Å². The summed E-state index contributed by atoms with van der Waals surface area (Å²) in [7, 11) is -3.36. The number of pyridine rings is 1. The highest BCUT2D eigenvalue weighted by atomic mass is 32.3. The Kier molecular flexibility index (Phi) is 2.01. The number of rotatable bonds is 1. The molecule has 0 amide bonds. The van der Waals surface area contributed by atoms with Crippen molar-refractivity contribution in [1.29, 1.82) is 0 Å². The molecular formula is C6H6FNO3S. The van der Waals surface area contributed by atoms with Crippen molar-refractivity contribution in [1.82, 2.24) is 4.57 Å². The largest absolute Gasteiger partial charge is 0.333 e. The van der Waals surface area contributed by atoms with Crippen LogP contribution < -0.4 is 5.56 Å². The summed E-state index contributed by atoms with van der Waals surface area (Å²) < 4.78 is 33.9. The molecule has 1 aromatic heterocycles. The average molecular weight is 191 g/mol. The van der Waals surface area contributed by atoms with E-state index < -0.39 is 15.1 Å². The predicted molar refractivity (Wildman–Crippen MR) is 40.0 cm³/mol. The van der Waals surface area contributed by atoms with Crippen LogP contribution in [0.5, 0.6) is 0 Å². The van der Waals surface area contributed by atoms with E-state index in [-0.39, 0.29) is 5.56 Å². The van der Waals surface area contributed by atoms with E-state index >= 15 is 0 Å². The maximum absolute atomic E-state index is 12.3. The molecule has 1 aromatic rings. The molecule has 0 radical (unpaired) electrons. The van der Waals surface area contributed by atoms with E-state index in [0.29, 0.717) is 0 Å². The highest BCUT2D eigenvalue weighted by Gasteiger charge is 2.11. The first kappa shape index (κ1) is 8.92. The van der Waals surface area contributed by atoms with Gasteiger partial charge >= 0.3 is 10.2 Å². The van der Waals surface area contributed by atoms with Crippen molar-refractivity contribution in [2.45, 2.75) is 4.90 Å². The lowest BCUT2D eigenvalue weighted by Crippen LogP contribution is -2.15. The number of aryl methyl sites for hydroxylation is 1. The molecule has 0 fully saturated rings. The topological polar surface area (TPSA) is 56.1 Å². The van der Waals surface area contributed by atoms with Gasteiger partial charge in [0, 0.05) is 19.3 Å². The van der Waals surface area contributed by atoms with Crippen LogP contribution in [0.25, 0.3) is 0 Å². The fraction of sp³-hybridized carbons (Fsp3) is 0.167. The van der Waals surface area contributed by atoms with Crippen LogP contribution in [-0.2, 0) is 17.3 Å². The zero-order valence-corrected chi connectivity index (χ0v) is 7.01. The van der Waals surface area contributed by atoms with Gasteiger partial charge in [0.05, 0.1) is 0 Å². The van der Waals surface area contributed by atoms with Gasteiger partial charge in [0.2, 0.25) is 5.56 Å².